The highest BCUT2D eigenvalue weighted by atomic mass is 35.5. The molecular weight excluding hydrogens is 1150 g/mol. The number of carbonyl (C=O) groups excluding carboxylic acids is 3. The second-order valence-corrected chi connectivity index (χ2v) is 24.1. The number of para-hydroxylation sites is 1. The van der Waals surface area contributed by atoms with E-state index in [1.165, 1.54) is 30.4 Å². The van der Waals surface area contributed by atoms with Gasteiger partial charge in [0.15, 0.2) is 19.3 Å². The summed E-state index contributed by atoms with van der Waals surface area (Å²) in [6, 6.07) is 34.6. The van der Waals surface area contributed by atoms with Gasteiger partial charge in [-0.05, 0) is 110 Å². The van der Waals surface area contributed by atoms with Gasteiger partial charge in [0.2, 0.25) is 0 Å². The van der Waals surface area contributed by atoms with E-state index in [2.05, 4.69) is 19.2 Å². The van der Waals surface area contributed by atoms with Crippen molar-refractivity contribution < 1.29 is 42.2 Å². The van der Waals surface area contributed by atoms with Crippen LogP contribution >= 0.6 is 77.5 Å². The number of nitrogen functional groups attached to an aromatic ring is 1. The lowest BCUT2D eigenvalue weighted by Crippen LogP contribution is -2.24. The van der Waals surface area contributed by atoms with Crippen LogP contribution in [0.2, 0.25) is 20.1 Å². The highest BCUT2D eigenvalue weighted by molar-refractivity contribution is 7.99. The minimum atomic E-state index is -3.77. The van der Waals surface area contributed by atoms with E-state index in [0.717, 1.165) is 48.0 Å². The van der Waals surface area contributed by atoms with Crippen LogP contribution in [0.3, 0.4) is 0 Å². The first kappa shape index (κ1) is 62.2. The summed E-state index contributed by atoms with van der Waals surface area (Å²) in [4.78, 5) is 46.2. The molecule has 2 atom stereocenters. The monoisotopic (exact) mass is 1210 g/mol. The van der Waals surface area contributed by atoms with Gasteiger partial charge in [0.05, 0.1) is 24.2 Å². The number of benzene rings is 5. The van der Waals surface area contributed by atoms with E-state index in [1.807, 2.05) is 102 Å². The minimum absolute atomic E-state index is 0.0161. The zero-order chi connectivity index (χ0) is 57.4. The lowest BCUT2D eigenvalue weighted by atomic mass is 10.1. The Labute approximate surface area is 488 Å². The lowest BCUT2D eigenvalue weighted by molar-refractivity contribution is -0.150. The molecule has 0 aliphatic heterocycles. The molecule has 0 saturated carbocycles. The second-order valence-electron chi connectivity index (χ2n) is 18.2. The Balaban J connectivity index is 0.000000286. The number of nitrogens with one attached hydrogen (secondary N) is 1. The summed E-state index contributed by atoms with van der Waals surface area (Å²) in [5, 5.41) is 7.15. The van der Waals surface area contributed by atoms with Gasteiger partial charge in [-0.3, -0.25) is 4.52 Å². The molecule has 5 aromatic carbocycles. The summed E-state index contributed by atoms with van der Waals surface area (Å²) in [6.07, 6.45) is -2.84. The van der Waals surface area contributed by atoms with Crippen LogP contribution in [-0.2, 0) is 54.4 Å². The Kier molecular flexibility index (Phi) is 23.2. The van der Waals surface area contributed by atoms with Gasteiger partial charge in [0.25, 0.3) is 0 Å². The van der Waals surface area contributed by atoms with Gasteiger partial charge in [0, 0.05) is 60.9 Å². The molecule has 7 N–H and O–H groups in total. The molecule has 7 rings (SSSR count). The van der Waals surface area contributed by atoms with Gasteiger partial charge >= 0.3 is 25.8 Å². The van der Waals surface area contributed by atoms with Crippen molar-refractivity contribution >= 4 is 107 Å². The summed E-state index contributed by atoms with van der Waals surface area (Å²) in [5.41, 5.74) is 21.4. The number of rotatable bonds is 24. The Bertz CT molecular complexity index is 3200. The predicted molar refractivity (Wildman–Crippen MR) is 313 cm³/mol. The van der Waals surface area contributed by atoms with Gasteiger partial charge in [-0.1, -0.05) is 140 Å². The number of carbonyl (C=O) groups is 3. The van der Waals surface area contributed by atoms with Crippen LogP contribution in [0, 0.1) is 0 Å². The van der Waals surface area contributed by atoms with Crippen LogP contribution in [0.5, 0.6) is 5.75 Å². The van der Waals surface area contributed by atoms with Crippen molar-refractivity contribution in [2.45, 2.75) is 106 Å². The maximum atomic E-state index is 13.8. The van der Waals surface area contributed by atoms with Crippen molar-refractivity contribution in [2.75, 3.05) is 30.4 Å². The van der Waals surface area contributed by atoms with E-state index >= 15 is 0 Å². The predicted octanol–water partition coefficient (Wildman–Crippen LogP) is 14.5. The Morgan fingerprint density at radius 3 is 1.51 bits per heavy atom. The number of nitrogens with zero attached hydrogens (tertiary/aromatic N) is 4. The third kappa shape index (κ3) is 19.1. The molecule has 7 aromatic rings. The normalized spacial score (nSPS) is 12.3. The van der Waals surface area contributed by atoms with Gasteiger partial charge in [-0.25, -0.2) is 28.9 Å². The average molecular weight is 1220 g/mol. The molecule has 0 aliphatic carbocycles. The van der Waals surface area contributed by atoms with Crippen LogP contribution in [0.1, 0.15) is 87.5 Å². The van der Waals surface area contributed by atoms with E-state index in [0.29, 0.717) is 56.3 Å². The molecule has 2 aromatic heterocycles. The van der Waals surface area contributed by atoms with E-state index in [9.17, 15) is 18.9 Å². The molecule has 0 saturated heterocycles. The highest BCUT2D eigenvalue weighted by Gasteiger charge is 2.32. The van der Waals surface area contributed by atoms with Crippen LogP contribution in [-0.4, -0.2) is 62.7 Å². The topological polar surface area (TPSA) is 240 Å². The standard InChI is InChI=1S/C34H39Cl2N4O7PS.C21H22Cl2N4O2S/c1-5-44-33(41)23(4)46-48(43,47-28-9-7-6-8-10-28)16-15-38-27-13-11-24(12-14-27)20-40-30(21-45-34(37)42)39-31(22(2)3)32(40)49-29-18-25(35)17-26(36)19-29;1-12(2)19-20(30-17-8-14(22)7-15(23)9-17)27(18(26-19)11-29-21(25)28)10-13-3-5-16(24)6-4-13/h6-14,17-19,22-23,38H,5,15-16,20-21H2,1-4H3,(H2,37,42);3-9,12H,10-11,24H2,1-2H3,(H2,25,28)/t23-,48?;/m0./s1. The molecule has 0 radical (unpaired) electrons. The van der Waals surface area contributed by atoms with Gasteiger partial charge in [-0.15, -0.1) is 0 Å². The number of hydrogen-bond donors (Lipinski definition) is 4. The molecule has 420 valence electrons. The number of esters is 1. The maximum absolute atomic E-state index is 13.8. The van der Waals surface area contributed by atoms with E-state index in [4.69, 9.17) is 96.8 Å². The van der Waals surface area contributed by atoms with Crippen LogP contribution in [0.15, 0.2) is 135 Å². The third-order valence-electron chi connectivity index (χ3n) is 11.2. The van der Waals surface area contributed by atoms with Crippen LogP contribution in [0.25, 0.3) is 0 Å². The van der Waals surface area contributed by atoms with Gasteiger partial charge < -0.3 is 50.4 Å². The summed E-state index contributed by atoms with van der Waals surface area (Å²) < 4.78 is 44.4. The first-order chi connectivity index (χ1) is 37.6. The Morgan fingerprint density at radius 2 is 1.09 bits per heavy atom. The van der Waals surface area contributed by atoms with Crippen molar-refractivity contribution in [3.8, 4) is 5.75 Å². The maximum Gasteiger partial charge on any atom is 0.404 e. The van der Waals surface area contributed by atoms with Crippen molar-refractivity contribution in [1.82, 2.24) is 19.1 Å². The summed E-state index contributed by atoms with van der Waals surface area (Å²) >= 11 is 27.9. The first-order valence-corrected chi connectivity index (χ1v) is 29.6. The van der Waals surface area contributed by atoms with E-state index in [1.54, 1.807) is 43.3 Å². The van der Waals surface area contributed by atoms with Crippen molar-refractivity contribution in [3.63, 3.8) is 0 Å². The molecule has 2 amide bonds. The van der Waals surface area contributed by atoms with Gasteiger partial charge in [0.1, 0.15) is 27.5 Å². The molecule has 0 spiro atoms. The average Bonchev–Trinajstić information content (AvgIpc) is 3.99. The molecule has 1 unspecified atom stereocenters. The third-order valence-corrected chi connectivity index (χ3v) is 16.1. The van der Waals surface area contributed by atoms with Gasteiger partial charge in [-0.2, -0.15) is 0 Å². The molecule has 0 aliphatic rings. The molecule has 2 heterocycles. The number of hydrogen-bond acceptors (Lipinski definition) is 15. The lowest BCUT2D eigenvalue weighted by Gasteiger charge is -2.22. The van der Waals surface area contributed by atoms with Crippen molar-refractivity contribution in [2.24, 2.45) is 11.5 Å². The van der Waals surface area contributed by atoms with Crippen LogP contribution in [0.4, 0.5) is 21.0 Å². The number of amides is 2. The summed E-state index contributed by atoms with van der Waals surface area (Å²) in [5.74, 6) is 1.08. The zero-order valence-corrected chi connectivity index (χ0v) is 49.7. The molecule has 79 heavy (non-hydrogen) atoms. The number of aromatic nitrogens is 4. The molecule has 0 bridgehead atoms. The fraction of sp³-hybridized carbons (Fsp3) is 0.291. The number of halogens is 4. The minimum Gasteiger partial charge on any atom is -0.464 e. The number of imidazole rings is 2. The second kappa shape index (κ2) is 29.4. The number of anilines is 2. The van der Waals surface area contributed by atoms with Crippen LogP contribution < -0.4 is 27.0 Å². The molecule has 0 fully saturated rings. The Hall–Kier alpha value is -6.02. The fourth-order valence-corrected chi connectivity index (χ4v) is 13.0. The van der Waals surface area contributed by atoms with Crippen molar-refractivity contribution in [3.05, 3.63) is 170 Å². The molecule has 17 nitrogen and oxygen atoms in total. The van der Waals surface area contributed by atoms with E-state index < -0.39 is 31.9 Å². The molecular formula is C55H61Cl4N8O9PS2. The first-order valence-electron chi connectivity index (χ1n) is 24.7. The highest BCUT2D eigenvalue weighted by Crippen LogP contribution is 2.49. The van der Waals surface area contributed by atoms with Crippen molar-refractivity contribution in [1.29, 1.82) is 0 Å². The Morgan fingerprint density at radius 1 is 0.646 bits per heavy atom. The smallest absolute Gasteiger partial charge is 0.404 e. The molecule has 24 heteroatoms. The number of ether oxygens (including phenoxy) is 3. The number of primary amides is 2. The largest absolute Gasteiger partial charge is 0.464 e. The zero-order valence-electron chi connectivity index (χ0n) is 44.1. The number of nitrogens with two attached hydrogens (primary N) is 3. The van der Waals surface area contributed by atoms with E-state index in [-0.39, 0.29) is 44.4 Å². The summed E-state index contributed by atoms with van der Waals surface area (Å²) in [7, 11) is -3.77. The SMILES string of the molecule is CC(C)c1nc(COC(N)=O)n(Cc2ccc(N)cc2)c1Sc1cc(Cl)cc(Cl)c1.CCOC(=O)[C@H](C)OP(=O)(CCNc1ccc(Cn2c(COC(N)=O)nc(C(C)C)c2Sc2cc(Cl)cc(Cl)c2)cc1)Oc1ccccc1. The fourth-order valence-electron chi connectivity index (χ4n) is 7.55. The quantitative estimate of drug-likeness (QED) is 0.0190. The summed E-state index contributed by atoms with van der Waals surface area (Å²) in [6.45, 7) is 12.6.